The Hall–Kier alpha value is -7.43. The number of fused-ring (bicyclic) bond motifs is 4. The fourth-order valence-corrected chi connectivity index (χ4v) is 11.0. The number of methoxy groups -OCH3 is 2. The molecule has 5 heterocycles. The van der Waals surface area contributed by atoms with E-state index in [0.29, 0.717) is 84.6 Å². The Bertz CT molecular complexity index is 2910. The number of allylic oxidation sites excluding steroid dienone is 2. The van der Waals surface area contributed by atoms with Crippen LogP contribution in [0.15, 0.2) is 76.8 Å². The highest BCUT2D eigenvalue weighted by Gasteiger charge is 2.47. The van der Waals surface area contributed by atoms with E-state index in [9.17, 15) is 38.7 Å². The maximum atomic E-state index is 14.2. The van der Waals surface area contributed by atoms with Crippen LogP contribution in [0.4, 0.5) is 21.9 Å². The van der Waals surface area contributed by atoms with E-state index in [4.69, 9.17) is 28.4 Å². The smallest absolute Gasteiger partial charge is 0.416 e. The van der Waals surface area contributed by atoms with Crippen LogP contribution in [-0.4, -0.2) is 171 Å². The zero-order chi connectivity index (χ0) is 57.6. The van der Waals surface area contributed by atoms with Crippen molar-refractivity contribution in [3.63, 3.8) is 0 Å². The lowest BCUT2D eigenvalue weighted by Gasteiger charge is -2.31. The van der Waals surface area contributed by atoms with Gasteiger partial charge in [0, 0.05) is 69.5 Å². The van der Waals surface area contributed by atoms with E-state index in [-0.39, 0.29) is 117 Å². The molecule has 8 rings (SSSR count). The standard InChI is InChI=1S/C59H73N7O14S/c1-6-37-25-41-32-62-45-29-50(48(75-3)27-43(45)55(70)64(41)34-37)78-21-11-9-8-10-12-22-79-51-30-46-44(28-49(51)76-4)56(71)65-35-38(7-2)26-47(65)57(72)66(46)59(74)80-36-39-13-15-40(16-14-39)61-33-42(67)18-23-77-24-19-60-53(68)17-20-63-54(69)31-52(81-5)58(63)73/h6-7,13-16,27-30,32,41,47,52,57,61,72H,8-12,17-26,31,33-36H2,1-5H3,(H,60,68)/t41-,47-,52?,57-/m0/s1. The van der Waals surface area contributed by atoms with E-state index in [1.807, 2.05) is 31.0 Å². The van der Waals surface area contributed by atoms with Gasteiger partial charge in [-0.25, -0.2) is 9.69 Å². The molecule has 434 valence electrons. The van der Waals surface area contributed by atoms with Gasteiger partial charge in [0.1, 0.15) is 6.61 Å². The number of hydrogen-bond donors (Lipinski definition) is 3. The van der Waals surface area contributed by atoms with Crippen LogP contribution in [-0.2, 0) is 35.3 Å². The summed E-state index contributed by atoms with van der Waals surface area (Å²) in [5.74, 6) is 0.241. The molecule has 0 aliphatic carbocycles. The number of aliphatic hydroxyl groups excluding tert-OH is 1. The number of amides is 6. The number of rotatable bonds is 27. The molecule has 22 heteroatoms. The topological polar surface area (TPSA) is 244 Å². The second kappa shape index (κ2) is 28.3. The Labute approximate surface area is 476 Å². The quantitative estimate of drug-likeness (QED) is 0.0395. The zero-order valence-corrected chi connectivity index (χ0v) is 47.5. The number of imide groups is 1. The maximum absolute atomic E-state index is 14.2. The van der Waals surface area contributed by atoms with E-state index >= 15 is 0 Å². The van der Waals surface area contributed by atoms with Gasteiger partial charge in [0.05, 0.1) is 87.0 Å². The fraction of sp³-hybridized carbons (Fsp3) is 0.492. The molecule has 0 saturated carbocycles. The SMILES string of the molecule is CC=C1C[C@H]2C=Nc3cc(OCCCCCCCOc4cc5c(cc4OC)C(=O)N4CC(=CC)C[C@H]4[C@H](O)N5C(=O)OCc4ccc(NCC(=O)CCOCCNC(=O)CCN5C(=O)CC(SC)C5=O)cc4)c(OC)cc3C(=O)N2C1. The Morgan fingerprint density at radius 2 is 1.42 bits per heavy atom. The highest BCUT2D eigenvalue weighted by Crippen LogP contribution is 2.43. The van der Waals surface area contributed by atoms with Crippen LogP contribution in [0.1, 0.15) is 104 Å². The third-order valence-corrected chi connectivity index (χ3v) is 16.0. The first kappa shape index (κ1) is 59.7. The number of unbranched alkanes of at least 4 members (excludes halogenated alkanes) is 4. The molecule has 5 aliphatic rings. The van der Waals surface area contributed by atoms with E-state index in [1.54, 1.807) is 66.8 Å². The van der Waals surface area contributed by atoms with Crippen LogP contribution >= 0.6 is 11.8 Å². The minimum atomic E-state index is -1.45. The lowest BCUT2D eigenvalue weighted by Crippen LogP contribution is -2.50. The molecule has 3 aromatic rings. The van der Waals surface area contributed by atoms with E-state index in [2.05, 4.69) is 21.7 Å². The summed E-state index contributed by atoms with van der Waals surface area (Å²) < 4.78 is 35.1. The molecule has 4 atom stereocenters. The molecular formula is C59H73N7O14S. The number of ketones is 1. The Morgan fingerprint density at radius 1 is 0.765 bits per heavy atom. The average molecular weight is 1140 g/mol. The lowest BCUT2D eigenvalue weighted by molar-refractivity contribution is -0.138. The van der Waals surface area contributed by atoms with E-state index in [0.717, 1.165) is 47.5 Å². The normalized spacial score (nSPS) is 20.2. The van der Waals surface area contributed by atoms with Gasteiger partial charge in [0.15, 0.2) is 35.0 Å². The van der Waals surface area contributed by atoms with Crippen molar-refractivity contribution >= 4 is 76.5 Å². The van der Waals surface area contributed by atoms with Crippen molar-refractivity contribution < 1.29 is 67.1 Å². The molecule has 5 aliphatic heterocycles. The summed E-state index contributed by atoms with van der Waals surface area (Å²) in [7, 11) is 3.03. The maximum Gasteiger partial charge on any atom is 0.416 e. The number of aliphatic hydroxyl groups is 1. The zero-order valence-electron chi connectivity index (χ0n) is 46.7. The Balaban J connectivity index is 0.779. The Morgan fingerprint density at radius 3 is 2.10 bits per heavy atom. The number of nitrogens with zero attached hydrogens (tertiary/aromatic N) is 5. The third-order valence-electron chi connectivity index (χ3n) is 15.1. The van der Waals surface area contributed by atoms with Crippen molar-refractivity contribution in [1.29, 1.82) is 0 Å². The minimum absolute atomic E-state index is 0.00181. The van der Waals surface area contributed by atoms with Crippen molar-refractivity contribution in [3.05, 3.63) is 88.5 Å². The molecular weight excluding hydrogens is 1060 g/mol. The summed E-state index contributed by atoms with van der Waals surface area (Å²) in [4.78, 5) is 101. The third kappa shape index (κ3) is 14.6. The van der Waals surface area contributed by atoms with Crippen molar-refractivity contribution in [2.45, 2.75) is 108 Å². The van der Waals surface area contributed by atoms with Crippen molar-refractivity contribution in [3.8, 4) is 23.0 Å². The molecule has 81 heavy (non-hydrogen) atoms. The number of nitrogens with one attached hydrogen (secondary N) is 2. The van der Waals surface area contributed by atoms with Crippen molar-refractivity contribution in [2.75, 3.05) is 89.8 Å². The van der Waals surface area contributed by atoms with Gasteiger partial charge in [-0.3, -0.25) is 38.7 Å². The van der Waals surface area contributed by atoms with E-state index in [1.165, 1.54) is 24.4 Å². The van der Waals surface area contributed by atoms with Gasteiger partial charge in [-0.15, -0.1) is 0 Å². The molecule has 3 saturated heterocycles. The van der Waals surface area contributed by atoms with Gasteiger partial charge in [0.25, 0.3) is 11.8 Å². The van der Waals surface area contributed by atoms with Crippen LogP contribution in [0.2, 0.25) is 0 Å². The van der Waals surface area contributed by atoms with Crippen LogP contribution in [0, 0.1) is 0 Å². The number of aliphatic imine (C=N–C) groups is 1. The monoisotopic (exact) mass is 1140 g/mol. The summed E-state index contributed by atoms with van der Waals surface area (Å²) in [5.41, 5.74) is 4.80. The highest BCUT2D eigenvalue weighted by atomic mass is 32.2. The number of carbonyl (C=O) groups excluding carboxylic acids is 7. The highest BCUT2D eigenvalue weighted by molar-refractivity contribution is 8.00. The van der Waals surface area contributed by atoms with Crippen LogP contribution < -0.4 is 34.5 Å². The summed E-state index contributed by atoms with van der Waals surface area (Å²) in [6.45, 7) is 6.00. The molecule has 3 N–H and O–H groups in total. The van der Waals surface area contributed by atoms with Crippen molar-refractivity contribution in [2.24, 2.45) is 4.99 Å². The number of benzene rings is 3. The van der Waals surface area contributed by atoms with Crippen LogP contribution in [0.5, 0.6) is 23.0 Å². The fourth-order valence-electron chi connectivity index (χ4n) is 10.4. The molecule has 3 fully saturated rings. The predicted molar refractivity (Wildman–Crippen MR) is 305 cm³/mol. The average Bonchev–Trinajstić information content (AvgIpc) is 4.35. The molecule has 0 radical (unpaired) electrons. The van der Waals surface area contributed by atoms with Gasteiger partial charge in [-0.05, 0) is 75.6 Å². The molecule has 0 aromatic heterocycles. The second-order valence-electron chi connectivity index (χ2n) is 20.3. The summed E-state index contributed by atoms with van der Waals surface area (Å²) in [5, 5.41) is 17.4. The number of thioether (sulfide) groups is 1. The molecule has 21 nitrogen and oxygen atoms in total. The number of Topliss-reactive ketones (excluding diaryl/α,β-unsaturated/α-hetero) is 1. The van der Waals surface area contributed by atoms with Gasteiger partial charge < -0.3 is 54.0 Å². The first-order valence-corrected chi connectivity index (χ1v) is 28.9. The van der Waals surface area contributed by atoms with Gasteiger partial charge in [-0.2, -0.15) is 11.8 Å². The number of anilines is 2. The van der Waals surface area contributed by atoms with Gasteiger partial charge in [0.2, 0.25) is 17.7 Å². The van der Waals surface area contributed by atoms with Gasteiger partial charge >= 0.3 is 6.09 Å². The number of ether oxygens (including phenoxy) is 6. The molecule has 0 bridgehead atoms. The summed E-state index contributed by atoms with van der Waals surface area (Å²) in [6.07, 6.45) is 10.9. The first-order valence-electron chi connectivity index (χ1n) is 27.6. The van der Waals surface area contributed by atoms with Crippen LogP contribution in [0.3, 0.4) is 0 Å². The largest absolute Gasteiger partial charge is 0.493 e. The van der Waals surface area contributed by atoms with Crippen LogP contribution in [0.25, 0.3) is 0 Å². The van der Waals surface area contributed by atoms with Crippen molar-refractivity contribution in [1.82, 2.24) is 20.0 Å². The number of carbonyl (C=O) groups is 7. The number of hydrogen-bond acceptors (Lipinski definition) is 17. The summed E-state index contributed by atoms with van der Waals surface area (Å²) in [6, 6.07) is 12.8. The molecule has 6 amide bonds. The second-order valence-corrected chi connectivity index (χ2v) is 21.3. The summed E-state index contributed by atoms with van der Waals surface area (Å²) >= 11 is 1.32. The predicted octanol–water partition coefficient (Wildman–Crippen LogP) is 7.01. The van der Waals surface area contributed by atoms with E-state index < -0.39 is 18.4 Å². The minimum Gasteiger partial charge on any atom is -0.493 e. The lowest BCUT2D eigenvalue weighted by atomic mass is 10.1. The molecule has 0 spiro atoms. The van der Waals surface area contributed by atoms with Gasteiger partial charge in [-0.1, -0.05) is 54.7 Å². The molecule has 3 aromatic carbocycles. The Kier molecular flexibility index (Phi) is 20.9. The first-order chi connectivity index (χ1) is 39.2. The molecule has 1 unspecified atom stereocenters. The number of likely N-dealkylation sites (tertiary alicyclic amines) is 1.